The molecule has 1 spiro atoms. The predicted molar refractivity (Wildman–Crippen MR) is 82.7 cm³/mol. The summed E-state index contributed by atoms with van der Waals surface area (Å²) in [5.41, 5.74) is 3.57. The fourth-order valence-corrected chi connectivity index (χ4v) is 3.64. The molecular formula is C17H19F2N2O3. The van der Waals surface area contributed by atoms with E-state index >= 15 is 0 Å². The van der Waals surface area contributed by atoms with E-state index in [0.717, 1.165) is 17.0 Å². The first kappa shape index (κ1) is 16.8. The van der Waals surface area contributed by atoms with Crippen LogP contribution in [-0.4, -0.2) is 28.6 Å². The van der Waals surface area contributed by atoms with E-state index < -0.39 is 34.6 Å². The molecule has 1 radical (unpaired) electrons. The molecule has 2 aliphatic rings. The van der Waals surface area contributed by atoms with E-state index in [0.29, 0.717) is 18.9 Å². The fourth-order valence-electron chi connectivity index (χ4n) is 3.64. The molecule has 0 aromatic heterocycles. The maximum absolute atomic E-state index is 13.5. The molecule has 24 heavy (non-hydrogen) atoms. The summed E-state index contributed by atoms with van der Waals surface area (Å²) in [5, 5.41) is 10.1. The van der Waals surface area contributed by atoms with Crippen molar-refractivity contribution >= 4 is 17.5 Å². The van der Waals surface area contributed by atoms with Crippen LogP contribution in [0.2, 0.25) is 0 Å². The minimum atomic E-state index is -0.966. The third-order valence-corrected chi connectivity index (χ3v) is 5.06. The minimum Gasteiger partial charge on any atom is -0.390 e. The highest BCUT2D eigenvalue weighted by molar-refractivity contribution is 6.06. The number of rotatable bonds is 2. The maximum Gasteiger partial charge on any atom is 0.240 e. The van der Waals surface area contributed by atoms with E-state index in [1.165, 1.54) is 0 Å². The minimum absolute atomic E-state index is 0.0180. The van der Waals surface area contributed by atoms with Crippen LogP contribution in [0.25, 0.3) is 0 Å². The summed E-state index contributed by atoms with van der Waals surface area (Å²) in [4.78, 5) is 25.9. The van der Waals surface area contributed by atoms with Crippen molar-refractivity contribution in [3.63, 3.8) is 0 Å². The molecule has 2 fully saturated rings. The molecule has 3 N–H and O–H groups in total. The molecule has 1 aromatic carbocycles. The van der Waals surface area contributed by atoms with Crippen LogP contribution in [0.1, 0.15) is 32.6 Å². The van der Waals surface area contributed by atoms with E-state index in [1.807, 2.05) is 0 Å². The summed E-state index contributed by atoms with van der Waals surface area (Å²) in [6.45, 7) is 1.66. The second-order valence-corrected chi connectivity index (χ2v) is 6.97. The highest BCUT2D eigenvalue weighted by Gasteiger charge is 2.56. The fraction of sp³-hybridized carbons (Fsp3) is 0.471. The van der Waals surface area contributed by atoms with Crippen molar-refractivity contribution in [2.24, 2.45) is 11.1 Å². The van der Waals surface area contributed by atoms with E-state index in [2.05, 4.69) is 0 Å². The van der Waals surface area contributed by atoms with Gasteiger partial charge in [-0.25, -0.2) is 8.78 Å². The molecule has 3 rings (SSSR count). The van der Waals surface area contributed by atoms with Gasteiger partial charge < -0.3 is 10.8 Å². The number of carbonyl (C=O) groups is 2. The first-order valence-corrected chi connectivity index (χ1v) is 7.79. The van der Waals surface area contributed by atoms with Gasteiger partial charge in [-0.05, 0) is 51.2 Å². The zero-order chi connectivity index (χ0) is 17.7. The second-order valence-electron chi connectivity index (χ2n) is 6.97. The Hall–Kier alpha value is -2.02. The van der Waals surface area contributed by atoms with Gasteiger partial charge in [0.2, 0.25) is 11.8 Å². The third kappa shape index (κ3) is 2.77. The highest BCUT2D eigenvalue weighted by atomic mass is 19.1. The number of anilines is 1. The molecule has 1 aromatic rings. The lowest BCUT2D eigenvalue weighted by atomic mass is 9.67. The highest BCUT2D eigenvalue weighted by Crippen LogP contribution is 2.50. The summed E-state index contributed by atoms with van der Waals surface area (Å²) < 4.78 is 27.1. The van der Waals surface area contributed by atoms with Crippen LogP contribution >= 0.6 is 0 Å². The largest absolute Gasteiger partial charge is 0.390 e. The number of halogens is 2. The molecule has 129 valence electrons. The lowest BCUT2D eigenvalue weighted by Gasteiger charge is -2.38. The van der Waals surface area contributed by atoms with Crippen LogP contribution in [0.3, 0.4) is 0 Å². The number of nitrogens with two attached hydrogens (primary N) is 1. The monoisotopic (exact) mass is 337 g/mol. The molecule has 2 amide bonds. The van der Waals surface area contributed by atoms with E-state index in [4.69, 9.17) is 5.73 Å². The van der Waals surface area contributed by atoms with Crippen molar-refractivity contribution in [3.8, 4) is 0 Å². The molecule has 1 aliphatic carbocycles. The van der Waals surface area contributed by atoms with Gasteiger partial charge >= 0.3 is 0 Å². The van der Waals surface area contributed by atoms with Crippen LogP contribution in [0, 0.1) is 23.5 Å². The molecule has 1 aliphatic heterocycles. The van der Waals surface area contributed by atoms with Crippen molar-refractivity contribution < 1.29 is 23.5 Å². The molecule has 1 saturated carbocycles. The summed E-state index contributed by atoms with van der Waals surface area (Å²) >= 11 is 0. The van der Waals surface area contributed by atoms with Crippen LogP contribution in [0.5, 0.6) is 0 Å². The van der Waals surface area contributed by atoms with Crippen molar-refractivity contribution in [1.29, 1.82) is 0 Å². The summed E-state index contributed by atoms with van der Waals surface area (Å²) in [5.74, 6) is -2.77. The van der Waals surface area contributed by atoms with Gasteiger partial charge in [0.15, 0.2) is 0 Å². The van der Waals surface area contributed by atoms with Gasteiger partial charge in [0.25, 0.3) is 0 Å². The van der Waals surface area contributed by atoms with Crippen LogP contribution in [0.4, 0.5) is 14.5 Å². The van der Waals surface area contributed by atoms with Gasteiger partial charge in [-0.15, -0.1) is 0 Å². The number of carbonyl (C=O) groups excluding carboxylic acids is 2. The number of nitrogens with zero attached hydrogens (tertiary/aromatic N) is 1. The predicted octanol–water partition coefficient (Wildman–Crippen LogP) is 1.68. The van der Waals surface area contributed by atoms with Crippen molar-refractivity contribution in [2.45, 2.75) is 44.2 Å². The lowest BCUT2D eigenvalue weighted by molar-refractivity contribution is -0.128. The molecule has 0 bridgehead atoms. The molecule has 1 heterocycles. The third-order valence-electron chi connectivity index (χ3n) is 5.06. The average Bonchev–Trinajstić information content (AvgIpc) is 2.75. The van der Waals surface area contributed by atoms with Gasteiger partial charge in [0, 0.05) is 6.07 Å². The molecule has 1 saturated heterocycles. The van der Waals surface area contributed by atoms with Gasteiger partial charge in [0.05, 0.1) is 16.7 Å². The van der Waals surface area contributed by atoms with Crippen LogP contribution in [-0.2, 0) is 9.59 Å². The Balaban J connectivity index is 1.99. The molecular weight excluding hydrogens is 318 g/mol. The summed E-state index contributed by atoms with van der Waals surface area (Å²) in [6, 6.07) is 1.76. The van der Waals surface area contributed by atoms with Crippen molar-refractivity contribution in [3.05, 3.63) is 36.3 Å². The zero-order valence-corrected chi connectivity index (χ0v) is 13.3. The summed E-state index contributed by atoms with van der Waals surface area (Å²) in [6.07, 6.45) is 2.87. The lowest BCUT2D eigenvalue weighted by Crippen LogP contribution is -2.44. The van der Waals surface area contributed by atoms with Gasteiger partial charge in [-0.3, -0.25) is 14.5 Å². The first-order chi connectivity index (χ1) is 11.1. The summed E-state index contributed by atoms with van der Waals surface area (Å²) in [7, 11) is 0. The molecule has 3 atom stereocenters. The Bertz CT molecular complexity index is 675. The quantitative estimate of drug-likeness (QED) is 0.861. The first-order valence-electron chi connectivity index (χ1n) is 7.79. The number of amides is 2. The molecule has 7 heteroatoms. The van der Waals surface area contributed by atoms with E-state index in [-0.39, 0.29) is 24.4 Å². The Kier molecular flexibility index (Phi) is 3.86. The number of hydrogen-bond donors (Lipinski definition) is 2. The smallest absolute Gasteiger partial charge is 0.240 e. The van der Waals surface area contributed by atoms with Gasteiger partial charge in [-0.2, -0.15) is 0 Å². The van der Waals surface area contributed by atoms with Crippen LogP contribution in [0.15, 0.2) is 18.2 Å². The number of hydrogen-bond acceptors (Lipinski definition) is 3. The Morgan fingerprint density at radius 3 is 2.42 bits per heavy atom. The van der Waals surface area contributed by atoms with Gasteiger partial charge in [0.1, 0.15) is 17.7 Å². The normalized spacial score (nSPS) is 33.2. The van der Waals surface area contributed by atoms with Crippen molar-refractivity contribution in [1.82, 2.24) is 0 Å². The molecule has 3 unspecified atom stereocenters. The number of aliphatic hydroxyl groups is 1. The van der Waals surface area contributed by atoms with E-state index in [9.17, 15) is 23.5 Å². The zero-order valence-electron chi connectivity index (χ0n) is 13.3. The van der Waals surface area contributed by atoms with E-state index in [1.54, 1.807) is 13.3 Å². The SMILES string of the molecule is CC1(O)[CH]CC2(CC1)CC(C(N)=O)N(c1cc(F)cc(F)c1)C2=O. The number of primary amides is 1. The topological polar surface area (TPSA) is 83.6 Å². The van der Waals surface area contributed by atoms with Crippen molar-refractivity contribution in [2.75, 3.05) is 4.90 Å². The maximum atomic E-state index is 13.5. The second kappa shape index (κ2) is 5.51. The number of benzene rings is 1. The molecule has 5 nitrogen and oxygen atoms in total. The van der Waals surface area contributed by atoms with Crippen LogP contribution < -0.4 is 10.6 Å². The van der Waals surface area contributed by atoms with Gasteiger partial charge in [-0.1, -0.05) is 0 Å². The Morgan fingerprint density at radius 1 is 1.29 bits per heavy atom. The Labute approximate surface area is 138 Å². The average molecular weight is 337 g/mol. The standard InChI is InChI=1S/C17H19F2N2O3/c1-16(24)2-4-17(5-3-16)9-13(14(20)22)21(15(17)23)12-7-10(18)6-11(19)8-12/h2,6-8,13,24H,3-5,9H2,1H3,(H2,20,22). The Morgan fingerprint density at radius 2 is 1.92 bits per heavy atom.